The van der Waals surface area contributed by atoms with E-state index in [2.05, 4.69) is 25.8 Å². The van der Waals surface area contributed by atoms with E-state index in [0.29, 0.717) is 41.6 Å². The number of nitrogens with zero attached hydrogens (tertiary/aromatic N) is 4. The lowest BCUT2D eigenvalue weighted by Crippen LogP contribution is -2.16. The number of benzene rings is 2. The van der Waals surface area contributed by atoms with Gasteiger partial charge in [0.05, 0.1) is 6.61 Å². The van der Waals surface area contributed by atoms with Gasteiger partial charge in [0.15, 0.2) is 5.65 Å². The smallest absolute Gasteiger partial charge is 0.261 e. The highest BCUT2D eigenvalue weighted by Gasteiger charge is 2.20. The second-order valence-corrected chi connectivity index (χ2v) is 6.79. The molecule has 2 N–H and O–H groups in total. The molecule has 8 nitrogen and oxygen atoms in total. The van der Waals surface area contributed by atoms with Crippen LogP contribution < -0.4 is 15.4 Å². The van der Waals surface area contributed by atoms with Crippen LogP contribution in [0.4, 0.5) is 16.0 Å². The van der Waals surface area contributed by atoms with Gasteiger partial charge in [0.25, 0.3) is 5.91 Å². The summed E-state index contributed by atoms with van der Waals surface area (Å²) in [4.78, 5) is 17.0. The molecule has 0 atom stereocenters. The van der Waals surface area contributed by atoms with E-state index < -0.39 is 0 Å². The zero-order chi connectivity index (χ0) is 20.5. The van der Waals surface area contributed by atoms with E-state index in [4.69, 9.17) is 4.74 Å². The summed E-state index contributed by atoms with van der Waals surface area (Å²) in [6.07, 6.45) is 3.55. The maximum Gasteiger partial charge on any atom is 0.261 e. The molecular formula is C21H17FN6O2. The first-order valence-electron chi connectivity index (χ1n) is 9.43. The summed E-state index contributed by atoms with van der Waals surface area (Å²) in [6, 6.07) is 12.2. The molecule has 0 aliphatic carbocycles. The summed E-state index contributed by atoms with van der Waals surface area (Å²) in [5.74, 6) is 0.471. The molecule has 1 amide bonds. The van der Waals surface area contributed by atoms with Gasteiger partial charge in [-0.1, -0.05) is 18.2 Å². The predicted molar refractivity (Wildman–Crippen MR) is 108 cm³/mol. The van der Waals surface area contributed by atoms with E-state index in [-0.39, 0.29) is 23.8 Å². The average Bonchev–Trinajstić information content (AvgIpc) is 3.43. The van der Waals surface area contributed by atoms with Crippen LogP contribution in [0.5, 0.6) is 5.75 Å². The Morgan fingerprint density at radius 3 is 2.93 bits per heavy atom. The van der Waals surface area contributed by atoms with Gasteiger partial charge >= 0.3 is 0 Å². The Balaban J connectivity index is 1.41. The largest absolute Gasteiger partial charge is 0.493 e. The lowest BCUT2D eigenvalue weighted by Gasteiger charge is -2.12. The average molecular weight is 404 g/mol. The maximum absolute atomic E-state index is 14.4. The number of carbonyl (C=O) groups excluding carboxylic acids is 1. The molecule has 5 rings (SSSR count). The minimum atomic E-state index is -0.345. The molecule has 9 heteroatoms. The van der Waals surface area contributed by atoms with Crippen LogP contribution in [0.1, 0.15) is 21.5 Å². The molecule has 0 saturated heterocycles. The number of ether oxygens (including phenoxy) is 1. The fourth-order valence-electron chi connectivity index (χ4n) is 3.50. The van der Waals surface area contributed by atoms with Crippen LogP contribution >= 0.6 is 0 Å². The van der Waals surface area contributed by atoms with Crippen molar-refractivity contribution in [2.24, 2.45) is 0 Å². The fourth-order valence-corrected chi connectivity index (χ4v) is 3.50. The van der Waals surface area contributed by atoms with Gasteiger partial charge in [0, 0.05) is 36.0 Å². The zero-order valence-electron chi connectivity index (χ0n) is 15.8. The third kappa shape index (κ3) is 3.20. The molecule has 150 valence electrons. The predicted octanol–water partition coefficient (Wildman–Crippen LogP) is 3.06. The van der Waals surface area contributed by atoms with Gasteiger partial charge in [-0.15, -0.1) is 10.2 Å². The van der Waals surface area contributed by atoms with Gasteiger partial charge in [-0.05, 0) is 24.3 Å². The van der Waals surface area contributed by atoms with Crippen LogP contribution in [0.3, 0.4) is 0 Å². The Kier molecular flexibility index (Phi) is 4.47. The Bertz CT molecular complexity index is 1240. The summed E-state index contributed by atoms with van der Waals surface area (Å²) in [5, 5.41) is 13.9. The summed E-state index contributed by atoms with van der Waals surface area (Å²) in [7, 11) is 0. The molecular weight excluding hydrogens is 387 g/mol. The van der Waals surface area contributed by atoms with Crippen molar-refractivity contribution >= 4 is 23.2 Å². The first kappa shape index (κ1) is 18.0. The van der Waals surface area contributed by atoms with E-state index in [9.17, 15) is 9.18 Å². The van der Waals surface area contributed by atoms with Gasteiger partial charge in [0.2, 0.25) is 5.95 Å². The van der Waals surface area contributed by atoms with Gasteiger partial charge in [-0.25, -0.2) is 9.37 Å². The molecule has 30 heavy (non-hydrogen) atoms. The van der Waals surface area contributed by atoms with Crippen molar-refractivity contribution < 1.29 is 13.9 Å². The number of fused-ring (bicyclic) bond motifs is 2. The third-order valence-corrected chi connectivity index (χ3v) is 4.97. The van der Waals surface area contributed by atoms with Crippen LogP contribution in [0.25, 0.3) is 5.65 Å². The topological polar surface area (TPSA) is 93.4 Å². The number of halogens is 1. The van der Waals surface area contributed by atoms with E-state index in [0.717, 1.165) is 5.56 Å². The molecule has 2 aromatic carbocycles. The van der Waals surface area contributed by atoms with Crippen molar-refractivity contribution in [3.05, 3.63) is 77.5 Å². The molecule has 1 aliphatic rings. The highest BCUT2D eigenvalue weighted by molar-refractivity contribution is 6.08. The second-order valence-electron chi connectivity index (χ2n) is 6.79. The number of rotatable bonds is 5. The number of para-hydroxylation sites is 1. The van der Waals surface area contributed by atoms with Crippen LogP contribution in [-0.4, -0.2) is 32.1 Å². The molecule has 0 saturated carbocycles. The Hall–Kier alpha value is -4.01. The Morgan fingerprint density at radius 1 is 1.20 bits per heavy atom. The van der Waals surface area contributed by atoms with Crippen molar-refractivity contribution in [3.8, 4) is 5.75 Å². The summed E-state index contributed by atoms with van der Waals surface area (Å²) >= 11 is 0. The molecule has 0 radical (unpaired) electrons. The zero-order valence-corrected chi connectivity index (χ0v) is 15.8. The Labute approximate surface area is 170 Å². The number of nitrogens with one attached hydrogen (secondary N) is 2. The Morgan fingerprint density at radius 2 is 2.07 bits per heavy atom. The molecule has 2 aromatic heterocycles. The van der Waals surface area contributed by atoms with Crippen molar-refractivity contribution in [2.45, 2.75) is 13.0 Å². The van der Waals surface area contributed by atoms with Gasteiger partial charge in [-0.3, -0.25) is 9.20 Å². The van der Waals surface area contributed by atoms with Crippen molar-refractivity contribution in [1.82, 2.24) is 19.6 Å². The highest BCUT2D eigenvalue weighted by atomic mass is 19.1. The molecule has 0 bridgehead atoms. The monoisotopic (exact) mass is 404 g/mol. The number of amides is 1. The fraction of sp³-hybridized carbons (Fsp3) is 0.143. The number of hydrogen-bond donors (Lipinski definition) is 2. The molecule has 4 aromatic rings. The number of anilines is 2. The van der Waals surface area contributed by atoms with Crippen LogP contribution in [0, 0.1) is 5.82 Å². The standard InChI is InChI=1S/C21H17FN6O2/c22-17-6-7-18-14(8-9-30-18)15(17)10-23-21-24-11-16(19-27-25-12-28(19)21)20(29)26-13-4-2-1-3-5-13/h1-7,11-12H,8-10H2,(H,23,24)(H,26,29). The molecule has 0 unspecified atom stereocenters. The number of aromatic nitrogens is 4. The minimum absolute atomic E-state index is 0.216. The molecule has 1 aliphatic heterocycles. The van der Waals surface area contributed by atoms with E-state index in [1.165, 1.54) is 18.6 Å². The molecule has 0 fully saturated rings. The van der Waals surface area contributed by atoms with E-state index in [1.807, 2.05) is 18.2 Å². The summed E-state index contributed by atoms with van der Waals surface area (Å²) < 4.78 is 21.5. The summed E-state index contributed by atoms with van der Waals surface area (Å²) in [5.41, 5.74) is 2.70. The molecule has 3 heterocycles. The van der Waals surface area contributed by atoms with Crippen LogP contribution in [0.2, 0.25) is 0 Å². The summed E-state index contributed by atoms with van der Waals surface area (Å²) in [6.45, 7) is 0.763. The van der Waals surface area contributed by atoms with Gasteiger partial charge in [-0.2, -0.15) is 0 Å². The number of carbonyl (C=O) groups is 1. The number of hydrogen-bond acceptors (Lipinski definition) is 6. The first-order valence-corrected chi connectivity index (χ1v) is 9.43. The molecule has 0 spiro atoms. The lowest BCUT2D eigenvalue weighted by atomic mass is 10.0. The van der Waals surface area contributed by atoms with Crippen LogP contribution in [0.15, 0.2) is 55.0 Å². The van der Waals surface area contributed by atoms with E-state index >= 15 is 0 Å². The normalized spacial score (nSPS) is 12.4. The van der Waals surface area contributed by atoms with Gasteiger partial charge < -0.3 is 15.4 Å². The SMILES string of the molecule is O=C(Nc1ccccc1)c1cnc(NCc2c(F)ccc3c2CCO3)n2cnnc12. The van der Waals surface area contributed by atoms with Crippen molar-refractivity contribution in [3.63, 3.8) is 0 Å². The highest BCUT2D eigenvalue weighted by Crippen LogP contribution is 2.30. The van der Waals surface area contributed by atoms with E-state index in [1.54, 1.807) is 22.6 Å². The third-order valence-electron chi connectivity index (χ3n) is 4.97. The van der Waals surface area contributed by atoms with Crippen LogP contribution in [-0.2, 0) is 13.0 Å². The lowest BCUT2D eigenvalue weighted by molar-refractivity contribution is 0.102. The van der Waals surface area contributed by atoms with Gasteiger partial charge in [0.1, 0.15) is 23.5 Å². The quantitative estimate of drug-likeness (QED) is 0.531. The minimum Gasteiger partial charge on any atom is -0.493 e. The maximum atomic E-state index is 14.4. The second kappa shape index (κ2) is 7.43. The van der Waals surface area contributed by atoms with Crippen molar-refractivity contribution in [1.29, 1.82) is 0 Å². The van der Waals surface area contributed by atoms with Crippen molar-refractivity contribution in [2.75, 3.05) is 17.2 Å². The first-order chi connectivity index (χ1) is 14.7.